The SMILES string of the molecule is c1ccc(-c2nc(-n3c4ccccc4c4c5cc(-n6c7ccccc7c7ccc8ccccc8c76)ccc5ccc43)nc3ccccc23)cc1.c1ccc2cc(-c3nc(-n4c5ccccc5c5c6cc(-n7c8ccccc8c8ccc9ccccc9c87)ccc6ccc54)nc4ccccc34)ccc2c1.c1ccc2nc(-n3c4ccccc4c4c5cc(-n6c7ccccc7c7ccc8ccccc8c76)ccc5ccc43)ncc2c1. The maximum atomic E-state index is 5.40. The van der Waals surface area contributed by atoms with E-state index < -0.39 is 0 Å². The summed E-state index contributed by atoms with van der Waals surface area (Å²) in [6, 6.07) is 176. The van der Waals surface area contributed by atoms with E-state index >= 15 is 0 Å². The maximum absolute atomic E-state index is 5.40. The van der Waals surface area contributed by atoms with Crippen molar-refractivity contribution >= 4 is 239 Å². The normalized spacial score (nSPS) is 12.1. The van der Waals surface area contributed by atoms with Crippen molar-refractivity contribution in [1.29, 1.82) is 0 Å². The molecule has 12 nitrogen and oxygen atoms in total. The van der Waals surface area contributed by atoms with Gasteiger partial charge in [-0.15, -0.1) is 0 Å². The van der Waals surface area contributed by atoms with Crippen LogP contribution in [0.3, 0.4) is 0 Å². The van der Waals surface area contributed by atoms with E-state index in [1.165, 1.54) is 173 Å². The van der Waals surface area contributed by atoms with Crippen molar-refractivity contribution in [3.8, 4) is 57.4 Å². The molecule has 0 unspecified atom stereocenters. The number of para-hydroxylation sites is 9. The van der Waals surface area contributed by atoms with Crippen LogP contribution in [0.5, 0.6) is 0 Å². The lowest BCUT2D eigenvalue weighted by molar-refractivity contribution is 1.01. The first-order valence-corrected chi connectivity index (χ1v) is 50.4. The van der Waals surface area contributed by atoms with Crippen LogP contribution in [0.25, 0.3) is 296 Å². The highest BCUT2D eigenvalue weighted by Crippen LogP contribution is 2.48. The number of nitrogens with zero attached hydrogens (tertiary/aromatic N) is 12. The van der Waals surface area contributed by atoms with Crippen LogP contribution in [0.15, 0.2) is 498 Å². The van der Waals surface area contributed by atoms with Gasteiger partial charge in [-0.25, -0.2) is 29.9 Å². The van der Waals surface area contributed by atoms with Gasteiger partial charge in [-0.2, -0.15) is 0 Å². The maximum Gasteiger partial charge on any atom is 0.235 e. The Labute approximate surface area is 845 Å². The highest BCUT2D eigenvalue weighted by atomic mass is 15.2. The Hall–Kier alpha value is -20.1. The van der Waals surface area contributed by atoms with E-state index in [0.29, 0.717) is 17.8 Å². The minimum absolute atomic E-state index is 0.660. The van der Waals surface area contributed by atoms with Crippen LogP contribution >= 0.6 is 0 Å². The van der Waals surface area contributed by atoms with Gasteiger partial charge in [-0.05, 0) is 175 Å². The van der Waals surface area contributed by atoms with Crippen molar-refractivity contribution in [3.05, 3.63) is 498 Å². The summed E-state index contributed by atoms with van der Waals surface area (Å²) in [4.78, 5) is 31.0. The van der Waals surface area contributed by atoms with Gasteiger partial charge in [0.15, 0.2) is 0 Å². The molecule has 0 bridgehead atoms. The number of rotatable bonds is 8. The number of hydrogen-bond donors (Lipinski definition) is 0. The molecule has 0 N–H and O–H groups in total. The molecule has 0 aliphatic rings. The fraction of sp³-hybridized carbons (Fsp3) is 0. The third-order valence-corrected chi connectivity index (χ3v) is 30.7. The lowest BCUT2D eigenvalue weighted by Crippen LogP contribution is -2.03. The molecule has 9 heterocycles. The van der Waals surface area contributed by atoms with Crippen molar-refractivity contribution in [2.75, 3.05) is 0 Å². The largest absolute Gasteiger partial charge is 0.309 e. The van der Waals surface area contributed by atoms with Gasteiger partial charge in [0.2, 0.25) is 17.8 Å². The zero-order valence-electron chi connectivity index (χ0n) is 79.7. The second-order valence-electron chi connectivity index (χ2n) is 38.7. The molecule has 0 atom stereocenters. The number of hydrogen-bond acceptors (Lipinski definition) is 6. The predicted molar refractivity (Wildman–Crippen MR) is 618 cm³/mol. The van der Waals surface area contributed by atoms with E-state index in [4.69, 9.17) is 29.9 Å². The summed E-state index contributed by atoms with van der Waals surface area (Å²) in [5.74, 6) is 2.00. The molecule has 0 spiro atoms. The summed E-state index contributed by atoms with van der Waals surface area (Å²) < 4.78 is 14.0. The number of fused-ring (bicyclic) bond motifs is 34. The van der Waals surface area contributed by atoms with Gasteiger partial charge in [-0.1, -0.05) is 376 Å². The molecule has 33 aromatic rings. The Morgan fingerprint density at radius 2 is 0.426 bits per heavy atom. The molecule has 0 fully saturated rings. The van der Waals surface area contributed by atoms with Gasteiger partial charge >= 0.3 is 0 Å². The molecule has 12 heteroatoms. The lowest BCUT2D eigenvalue weighted by Gasteiger charge is -2.13. The molecule has 0 saturated carbocycles. The van der Waals surface area contributed by atoms with Gasteiger partial charge < -0.3 is 13.7 Å². The van der Waals surface area contributed by atoms with Crippen LogP contribution in [0.2, 0.25) is 0 Å². The Bertz CT molecular complexity index is 11500. The van der Waals surface area contributed by atoms with E-state index in [1.54, 1.807) is 0 Å². The molecule has 0 radical (unpaired) electrons. The molecule has 0 amide bonds. The highest BCUT2D eigenvalue weighted by molar-refractivity contribution is 6.28. The summed E-state index contributed by atoms with van der Waals surface area (Å²) in [7, 11) is 0. The Balaban J connectivity index is 0.000000101. The fourth-order valence-electron chi connectivity index (χ4n) is 24.2. The van der Waals surface area contributed by atoms with Gasteiger partial charge in [0.25, 0.3) is 0 Å². The third-order valence-electron chi connectivity index (χ3n) is 30.7. The predicted octanol–water partition coefficient (Wildman–Crippen LogP) is 34.9. The molecule has 0 aliphatic heterocycles. The molecular weight excluding hydrogens is 1800 g/mol. The Morgan fingerprint density at radius 1 is 0.142 bits per heavy atom. The number of aromatic nitrogens is 12. The van der Waals surface area contributed by atoms with E-state index in [1.807, 2.05) is 36.5 Å². The van der Waals surface area contributed by atoms with E-state index in [2.05, 4.69) is 488 Å². The van der Waals surface area contributed by atoms with Gasteiger partial charge in [0, 0.05) is 131 Å². The van der Waals surface area contributed by atoms with Crippen LogP contribution in [-0.4, -0.2) is 57.3 Å². The van der Waals surface area contributed by atoms with E-state index in [-0.39, 0.29) is 0 Å². The summed E-state index contributed by atoms with van der Waals surface area (Å²) >= 11 is 0. The van der Waals surface area contributed by atoms with Crippen LogP contribution < -0.4 is 0 Å². The van der Waals surface area contributed by atoms with Crippen LogP contribution in [-0.2, 0) is 0 Å². The van der Waals surface area contributed by atoms with Crippen LogP contribution in [0, 0.1) is 0 Å². The second-order valence-corrected chi connectivity index (χ2v) is 38.7. The zero-order valence-corrected chi connectivity index (χ0v) is 79.7. The highest BCUT2D eigenvalue weighted by Gasteiger charge is 2.27. The van der Waals surface area contributed by atoms with Crippen molar-refractivity contribution in [3.63, 3.8) is 0 Å². The van der Waals surface area contributed by atoms with Crippen LogP contribution in [0.4, 0.5) is 0 Å². The van der Waals surface area contributed by atoms with E-state index in [9.17, 15) is 0 Å². The Kier molecular flexibility index (Phi) is 18.3. The molecular formula is C136H82N12. The van der Waals surface area contributed by atoms with E-state index in [0.717, 1.165) is 105 Å². The molecule has 24 aromatic carbocycles. The molecule has 9 aromatic heterocycles. The molecule has 0 saturated heterocycles. The smallest absolute Gasteiger partial charge is 0.235 e. The lowest BCUT2D eigenvalue weighted by atomic mass is 10.0. The summed E-state index contributed by atoms with van der Waals surface area (Å²) in [5.41, 5.74) is 24.0. The molecule has 0 aliphatic carbocycles. The van der Waals surface area contributed by atoms with Crippen molar-refractivity contribution in [2.45, 2.75) is 0 Å². The first-order chi connectivity index (χ1) is 73.4. The third kappa shape index (κ3) is 12.7. The average Bonchev–Trinajstić information content (AvgIpc) is 1.56. The first kappa shape index (κ1) is 82.6. The monoisotopic (exact) mass is 1880 g/mol. The average molecular weight is 1880 g/mol. The van der Waals surface area contributed by atoms with Gasteiger partial charge in [0.1, 0.15) is 0 Å². The zero-order chi connectivity index (χ0) is 96.9. The second kappa shape index (κ2) is 32.7. The summed E-state index contributed by atoms with van der Waals surface area (Å²) in [6.45, 7) is 0. The number of benzene rings is 24. The van der Waals surface area contributed by atoms with Crippen molar-refractivity contribution in [2.24, 2.45) is 0 Å². The fourth-order valence-corrected chi connectivity index (χ4v) is 24.2. The van der Waals surface area contributed by atoms with Gasteiger partial charge in [-0.3, -0.25) is 13.7 Å². The molecule has 33 rings (SSSR count). The minimum Gasteiger partial charge on any atom is -0.309 e. The minimum atomic E-state index is 0.660. The Morgan fingerprint density at radius 3 is 0.838 bits per heavy atom. The standard InChI is InChI=1S/C50H30N4.C46H28N4.C40H24N4/c1-2-13-34-29-35(22-21-31(34)11-1)48-40-16-5-8-18-43(40)51-50(52-48)54-45-20-10-7-17-41(45)47-42-30-36(26-23-33(42)25-28-46(47)54)53-44-19-9-6-15-38(44)39-27-24-32-12-3-4-14-37(32)49(39)53;1-2-13-31(14-3-1)44-36-17-6-9-19-39(36)47-46(48-44)50-41-21-11-8-18-37(41)43-38-28-32(25-22-30(38)24-27-42(43)50)49-40-20-10-7-16-34(40)35-26-23-29-12-4-5-15-33(29)45(35)49;1-3-11-29-25(9-1)18-21-31-30-12-4-7-15-35(30)43(39(29)31)28-20-17-26-19-22-37-38(33(26)23-28)32-13-5-8-16-36(32)44(37)40-41-24-27-10-2-6-14-34(27)42-40/h1-30H;1-28H;1-24H. The topological polar surface area (TPSA) is 107 Å². The molecule has 686 valence electrons. The summed E-state index contributed by atoms with van der Waals surface area (Å²) in [5, 5.41) is 34.9. The van der Waals surface area contributed by atoms with Crippen molar-refractivity contribution in [1.82, 2.24) is 57.3 Å². The quantitative estimate of drug-likeness (QED) is 0.150. The van der Waals surface area contributed by atoms with Crippen LogP contribution in [0.1, 0.15) is 0 Å². The molecule has 148 heavy (non-hydrogen) atoms. The first-order valence-electron chi connectivity index (χ1n) is 50.4. The van der Waals surface area contributed by atoms with Gasteiger partial charge in [0.05, 0.1) is 94.1 Å². The summed E-state index contributed by atoms with van der Waals surface area (Å²) in [6.07, 6.45) is 1.92. The van der Waals surface area contributed by atoms with Crippen molar-refractivity contribution < 1.29 is 0 Å².